The average molecular weight is 661 g/mol. The minimum atomic E-state index is -0.583. The molecule has 1 N–H and O–H groups in total. The molecule has 0 aromatic heterocycles. The highest BCUT2D eigenvalue weighted by Crippen LogP contribution is 2.38. The maximum absolute atomic E-state index is 13.6. The molecule has 0 bridgehead atoms. The van der Waals surface area contributed by atoms with Crippen LogP contribution in [-0.2, 0) is 17.9 Å². The predicted octanol–water partition coefficient (Wildman–Crippen LogP) is 7.90. The number of non-ortho nitro benzene ring substituents is 1. The third-order valence-corrected chi connectivity index (χ3v) is 7.13. The van der Waals surface area contributed by atoms with Crippen LogP contribution in [0.1, 0.15) is 31.4 Å². The van der Waals surface area contributed by atoms with Crippen molar-refractivity contribution in [2.45, 2.75) is 39.4 Å². The average Bonchev–Trinajstić information content (AvgIpc) is 2.82. The topological polar surface area (TPSA) is 75.5 Å². The van der Waals surface area contributed by atoms with Crippen molar-refractivity contribution in [1.82, 2.24) is 5.32 Å². The first-order valence-corrected chi connectivity index (χ1v) is 13.4. The van der Waals surface area contributed by atoms with Gasteiger partial charge in [0.05, 0.1) is 15.6 Å². The van der Waals surface area contributed by atoms with Gasteiger partial charge in [-0.1, -0.05) is 72.9 Å². The van der Waals surface area contributed by atoms with Crippen molar-refractivity contribution in [3.8, 4) is 0 Å². The molecule has 0 radical (unpaired) electrons. The lowest BCUT2D eigenvalue weighted by Gasteiger charge is -2.35. The molecule has 0 saturated heterocycles. The zero-order valence-electron chi connectivity index (χ0n) is 19.7. The zero-order valence-corrected chi connectivity index (χ0v) is 24.1. The van der Waals surface area contributed by atoms with Crippen molar-refractivity contribution >= 4 is 74.7 Å². The van der Waals surface area contributed by atoms with Crippen LogP contribution >= 0.6 is 57.4 Å². The molecule has 3 aromatic carbocycles. The molecule has 190 valence electrons. The van der Waals surface area contributed by atoms with Crippen LogP contribution in [0.15, 0.2) is 60.7 Å². The van der Waals surface area contributed by atoms with E-state index in [2.05, 4.69) is 5.32 Å². The molecule has 36 heavy (non-hydrogen) atoms. The molecule has 0 heterocycles. The van der Waals surface area contributed by atoms with Crippen molar-refractivity contribution < 1.29 is 9.72 Å². The Morgan fingerprint density at radius 1 is 1.00 bits per heavy atom. The fourth-order valence-electron chi connectivity index (χ4n) is 3.80. The summed E-state index contributed by atoms with van der Waals surface area (Å²) in [7, 11) is 0. The van der Waals surface area contributed by atoms with Crippen molar-refractivity contribution in [3.05, 3.63) is 101 Å². The highest BCUT2D eigenvalue weighted by atomic mass is 127. The van der Waals surface area contributed by atoms with Crippen LogP contribution in [0.25, 0.3) is 0 Å². The lowest BCUT2D eigenvalue weighted by molar-refractivity contribution is -0.384. The second-order valence-corrected chi connectivity index (χ2v) is 11.2. The quantitative estimate of drug-likeness (QED) is 0.136. The van der Waals surface area contributed by atoms with Gasteiger partial charge in [-0.15, -0.1) is 0 Å². The molecule has 0 aliphatic heterocycles. The van der Waals surface area contributed by atoms with E-state index in [0.29, 0.717) is 38.8 Å². The van der Waals surface area contributed by atoms with Gasteiger partial charge in [0, 0.05) is 38.8 Å². The first kappa shape index (κ1) is 28.5. The molecule has 1 amide bonds. The summed E-state index contributed by atoms with van der Waals surface area (Å²) in [6.07, 6.45) is 0.545. The largest absolute Gasteiger partial charge is 0.353 e. The van der Waals surface area contributed by atoms with Crippen LogP contribution in [0.3, 0.4) is 0 Å². The number of nitrogens with zero attached hydrogens (tertiary/aromatic N) is 2. The smallest absolute Gasteiger partial charge is 0.272 e. The molecular weight excluding hydrogens is 636 g/mol. The lowest BCUT2D eigenvalue weighted by Crippen LogP contribution is -2.47. The number of rotatable bonds is 10. The number of hydrogen-bond donors (Lipinski definition) is 1. The van der Waals surface area contributed by atoms with E-state index in [1.54, 1.807) is 24.3 Å². The maximum atomic E-state index is 13.6. The number of amides is 1. The molecule has 1 unspecified atom stereocenters. The van der Waals surface area contributed by atoms with E-state index in [-0.39, 0.29) is 22.5 Å². The minimum absolute atomic E-state index is 0.104. The van der Waals surface area contributed by atoms with Gasteiger partial charge in [0.2, 0.25) is 5.91 Å². The first-order chi connectivity index (χ1) is 17.0. The Morgan fingerprint density at radius 2 is 1.56 bits per heavy atom. The van der Waals surface area contributed by atoms with E-state index >= 15 is 0 Å². The maximum Gasteiger partial charge on any atom is 0.272 e. The third-order valence-electron chi connectivity index (χ3n) is 5.52. The number of nitro groups is 1. The van der Waals surface area contributed by atoms with Crippen molar-refractivity contribution in [2.75, 3.05) is 4.90 Å². The lowest BCUT2D eigenvalue weighted by atomic mass is 9.99. The highest BCUT2D eigenvalue weighted by molar-refractivity contribution is 14.1. The summed E-state index contributed by atoms with van der Waals surface area (Å²) < 4.78 is 0.583. The van der Waals surface area contributed by atoms with Gasteiger partial charge in [0.15, 0.2) is 0 Å². The molecule has 1 atom stereocenters. The molecule has 0 fully saturated rings. The number of carbonyl (C=O) groups excluding carboxylic acids is 1. The van der Waals surface area contributed by atoms with Crippen molar-refractivity contribution in [2.24, 2.45) is 5.92 Å². The Morgan fingerprint density at radius 3 is 2.06 bits per heavy atom. The van der Waals surface area contributed by atoms with E-state index in [9.17, 15) is 14.9 Å². The summed E-state index contributed by atoms with van der Waals surface area (Å²) >= 11 is 20.7. The van der Waals surface area contributed by atoms with Crippen LogP contribution < -0.4 is 10.2 Å². The van der Waals surface area contributed by atoms with Crippen LogP contribution in [0, 0.1) is 19.6 Å². The molecule has 0 aliphatic rings. The van der Waals surface area contributed by atoms with Gasteiger partial charge >= 0.3 is 0 Å². The number of halogens is 4. The predicted molar refractivity (Wildman–Crippen MR) is 155 cm³/mol. The van der Waals surface area contributed by atoms with Gasteiger partial charge in [-0.3, -0.25) is 14.9 Å². The van der Waals surface area contributed by atoms with Gasteiger partial charge in [-0.2, -0.15) is 0 Å². The number of anilines is 1. The number of hydrogen-bond acceptors (Lipinski definition) is 4. The van der Waals surface area contributed by atoms with E-state index < -0.39 is 11.0 Å². The molecule has 6 nitrogen and oxygen atoms in total. The fraction of sp³-hybridized carbons (Fsp3) is 0.269. The summed E-state index contributed by atoms with van der Waals surface area (Å²) in [6, 6.07) is 16.8. The van der Waals surface area contributed by atoms with Gasteiger partial charge in [0.25, 0.3) is 5.69 Å². The molecule has 0 aliphatic carbocycles. The monoisotopic (exact) mass is 659 g/mol. The minimum Gasteiger partial charge on any atom is -0.353 e. The first-order valence-electron chi connectivity index (χ1n) is 11.2. The fourth-order valence-corrected chi connectivity index (χ4v) is 5.45. The molecule has 0 saturated carbocycles. The van der Waals surface area contributed by atoms with E-state index in [1.165, 1.54) is 12.1 Å². The van der Waals surface area contributed by atoms with E-state index in [4.69, 9.17) is 34.8 Å². The Hall–Kier alpha value is -2.07. The summed E-state index contributed by atoms with van der Waals surface area (Å²) in [5.41, 5.74) is 2.31. The van der Waals surface area contributed by atoms with Crippen LogP contribution in [0.2, 0.25) is 15.1 Å². The van der Waals surface area contributed by atoms with Crippen LogP contribution in [0.4, 0.5) is 11.4 Å². The summed E-state index contributed by atoms with van der Waals surface area (Å²) in [4.78, 5) is 26.4. The highest BCUT2D eigenvalue weighted by Gasteiger charge is 2.31. The molecule has 10 heteroatoms. The number of benzene rings is 3. The van der Waals surface area contributed by atoms with Crippen molar-refractivity contribution in [3.63, 3.8) is 0 Å². The Bertz CT molecular complexity index is 1200. The standard InChI is InChI=1S/C26H25Cl3IN3O3/c1-16(2)11-24(26(34)31-14-17-3-7-19(27)8-4-17)32(15-18-5-9-20(28)10-6-18)25-22(29)12-21(33(35)36)13-23(25)30/h3-10,12-13,16,24H,11,14-15H2,1-2H3,(H,31,34). The zero-order chi connectivity index (χ0) is 26.4. The summed E-state index contributed by atoms with van der Waals surface area (Å²) in [5, 5.41) is 15.9. The SMILES string of the molecule is CC(C)CC(C(=O)NCc1ccc(Cl)cc1)N(Cc1ccc(Cl)cc1)c1c(Cl)cc([N+](=O)[O-])cc1I. The molecule has 0 spiro atoms. The molecular formula is C26H25Cl3IN3O3. The Kier molecular flexibility index (Phi) is 10.2. The summed E-state index contributed by atoms with van der Waals surface area (Å²) in [5.74, 6) is 0.0244. The summed E-state index contributed by atoms with van der Waals surface area (Å²) in [6.45, 7) is 4.78. The number of nitrogens with one attached hydrogen (secondary N) is 1. The third kappa shape index (κ3) is 7.71. The number of carbonyl (C=O) groups is 1. The second-order valence-electron chi connectivity index (χ2n) is 8.76. The Labute approximate surface area is 239 Å². The van der Waals surface area contributed by atoms with E-state index in [0.717, 1.165) is 11.1 Å². The Balaban J connectivity index is 2.02. The van der Waals surface area contributed by atoms with Gasteiger partial charge in [-0.25, -0.2) is 0 Å². The van der Waals surface area contributed by atoms with Crippen LogP contribution in [-0.4, -0.2) is 16.9 Å². The van der Waals surface area contributed by atoms with E-state index in [1.807, 2.05) is 65.6 Å². The molecule has 3 aromatic rings. The normalized spacial score (nSPS) is 11.9. The number of nitro benzene ring substituents is 1. The van der Waals surface area contributed by atoms with Crippen LogP contribution in [0.5, 0.6) is 0 Å². The van der Waals surface area contributed by atoms with Gasteiger partial charge in [0.1, 0.15) is 6.04 Å². The molecule has 3 rings (SSSR count). The van der Waals surface area contributed by atoms with Gasteiger partial charge in [-0.05, 0) is 70.3 Å². The van der Waals surface area contributed by atoms with Crippen molar-refractivity contribution in [1.29, 1.82) is 0 Å². The second kappa shape index (κ2) is 12.9. The van der Waals surface area contributed by atoms with Gasteiger partial charge < -0.3 is 10.2 Å².